The van der Waals surface area contributed by atoms with Gasteiger partial charge in [-0.3, -0.25) is 0 Å². The smallest absolute Gasteiger partial charge is 1.00 e. The van der Waals surface area contributed by atoms with Gasteiger partial charge in [-0.25, -0.2) is 0 Å². The van der Waals surface area contributed by atoms with E-state index in [1.54, 1.807) is 22.3 Å². The number of fused-ring (bicyclic) bond motifs is 6. The average molecular weight is 535 g/mol. The van der Waals surface area contributed by atoms with Crippen molar-refractivity contribution >= 4 is 20.1 Å². The largest absolute Gasteiger partial charge is 1.00 e. The normalized spacial score (nSPS) is 22.1. The van der Waals surface area contributed by atoms with Crippen molar-refractivity contribution < 1.29 is 48.0 Å². The molecular weight excluding hydrogens is 505 g/mol. The van der Waals surface area contributed by atoms with Gasteiger partial charge in [0.1, 0.15) is 0 Å². The molecule has 2 aromatic carbocycles. The van der Waals surface area contributed by atoms with Crippen molar-refractivity contribution in [3.8, 4) is 0 Å². The third kappa shape index (κ3) is 3.67. The molecule has 2 unspecified atom stereocenters. The van der Waals surface area contributed by atoms with Gasteiger partial charge in [-0.15, -0.1) is 0 Å². The Bertz CT molecular complexity index is 974. The minimum atomic E-state index is -0.654. The van der Waals surface area contributed by atoms with Gasteiger partial charge in [-0.2, -0.15) is 0 Å². The number of rotatable bonds is 3. The van der Waals surface area contributed by atoms with E-state index in [2.05, 4.69) is 71.0 Å². The Labute approximate surface area is 207 Å². The van der Waals surface area contributed by atoms with Gasteiger partial charge in [0, 0.05) is 0 Å². The van der Waals surface area contributed by atoms with Crippen LogP contribution in [0.2, 0.25) is 0 Å². The average Bonchev–Trinajstić information content (AvgIpc) is 3.25. The summed E-state index contributed by atoms with van der Waals surface area (Å²) in [5.74, 6) is 0. The molecule has 2 atom stereocenters. The first-order chi connectivity index (χ1) is 13.5. The third-order valence-corrected chi connectivity index (χ3v) is 15.5. The number of benzene rings is 2. The van der Waals surface area contributed by atoms with Crippen LogP contribution in [-0.4, -0.2) is 6.16 Å². The molecule has 5 rings (SSSR count). The van der Waals surface area contributed by atoms with Gasteiger partial charge >= 0.3 is 184 Å². The van der Waals surface area contributed by atoms with Gasteiger partial charge in [-0.05, 0) is 0 Å². The predicted molar refractivity (Wildman–Crippen MR) is 120 cm³/mol. The number of halogens is 2. The summed E-state index contributed by atoms with van der Waals surface area (Å²) < 4.78 is 1.63. The summed E-state index contributed by atoms with van der Waals surface area (Å²) in [5.41, 5.74) is 12.7. The van der Waals surface area contributed by atoms with E-state index in [0.717, 1.165) is 7.25 Å². The zero-order chi connectivity index (χ0) is 19.6. The molecule has 1 fully saturated rings. The Morgan fingerprint density at radius 2 is 1.17 bits per heavy atom. The maximum atomic E-state index is 2.66. The molecule has 0 bridgehead atoms. The van der Waals surface area contributed by atoms with E-state index < -0.39 is 23.2 Å². The molecule has 0 amide bonds. The summed E-state index contributed by atoms with van der Waals surface area (Å²) in [6.07, 6.45) is 9.39. The molecule has 2 aliphatic carbocycles. The number of aryl methyl sites for hydroxylation is 4. The van der Waals surface area contributed by atoms with E-state index in [0.29, 0.717) is 0 Å². The van der Waals surface area contributed by atoms with Crippen LogP contribution in [0.4, 0.5) is 0 Å². The maximum Gasteiger partial charge on any atom is -1.00 e. The maximum absolute atomic E-state index is 2.66. The van der Waals surface area contributed by atoms with Gasteiger partial charge in [-0.1, -0.05) is 0 Å². The first-order valence-corrected chi connectivity index (χ1v) is 15.0. The number of hydrogen-bond donors (Lipinski definition) is 0. The number of allylic oxidation sites excluding steroid dienone is 2. The van der Waals surface area contributed by atoms with Crippen LogP contribution in [0.5, 0.6) is 0 Å². The summed E-state index contributed by atoms with van der Waals surface area (Å²) in [4.78, 5) is 0. The molecule has 0 radical (unpaired) electrons. The monoisotopic (exact) mass is 532 g/mol. The van der Waals surface area contributed by atoms with E-state index in [-0.39, 0.29) is 32.7 Å². The first-order valence-electron chi connectivity index (χ1n) is 10.7. The van der Waals surface area contributed by atoms with E-state index >= 15 is 0 Å². The van der Waals surface area contributed by atoms with Crippen LogP contribution >= 0.6 is 7.92 Å². The summed E-state index contributed by atoms with van der Waals surface area (Å²) in [6, 6.07) is 9.43. The molecule has 0 aromatic heterocycles. The molecule has 4 heteroatoms. The van der Waals surface area contributed by atoms with Gasteiger partial charge in [0.05, 0.1) is 0 Å². The molecule has 2 aromatic rings. The first kappa shape index (κ1) is 24.5. The van der Waals surface area contributed by atoms with E-state index in [1.807, 2.05) is 10.6 Å². The van der Waals surface area contributed by atoms with E-state index in [4.69, 9.17) is 0 Å². The molecule has 0 N–H and O–H groups in total. The van der Waals surface area contributed by atoms with E-state index in [1.165, 1.54) is 41.3 Å². The van der Waals surface area contributed by atoms with Crippen molar-refractivity contribution in [1.82, 2.24) is 0 Å². The van der Waals surface area contributed by atoms with Gasteiger partial charge in [0.25, 0.3) is 0 Å². The Kier molecular flexibility index (Phi) is 7.63. The van der Waals surface area contributed by atoms with Crippen LogP contribution in [0, 0.1) is 27.7 Å². The van der Waals surface area contributed by atoms with Crippen molar-refractivity contribution in [3.05, 3.63) is 79.4 Å². The van der Waals surface area contributed by atoms with Crippen molar-refractivity contribution in [3.63, 3.8) is 0 Å². The van der Waals surface area contributed by atoms with Gasteiger partial charge in [0.2, 0.25) is 0 Å². The number of unbranched alkanes of at least 4 members (excludes halogenated alkanes) is 1. The molecular formula is C26H29Cl2PZr. The molecule has 156 valence electrons. The third-order valence-electron chi connectivity index (χ3n) is 6.89. The van der Waals surface area contributed by atoms with Gasteiger partial charge in [0.15, 0.2) is 0 Å². The second-order valence-electron chi connectivity index (χ2n) is 8.73. The quantitative estimate of drug-likeness (QED) is 0.527. The Balaban J connectivity index is 0.00000128. The molecule has 1 aliphatic heterocycles. The summed E-state index contributed by atoms with van der Waals surface area (Å²) in [6.45, 7) is 11.7. The SMILES string of the molecule is CCCCP1C2=Cc3c(C)ccc(C)c3[CH]2[Zr+2][CH]2C1=Cc1c(C)ccc(C)c12.[Cl-].[Cl-]. The molecule has 0 spiro atoms. The van der Waals surface area contributed by atoms with Crippen LogP contribution in [-0.2, 0) is 23.2 Å². The van der Waals surface area contributed by atoms with Crippen molar-refractivity contribution in [1.29, 1.82) is 0 Å². The minimum Gasteiger partial charge on any atom is -1.00 e. The predicted octanol–water partition coefficient (Wildman–Crippen LogP) is 1.80. The van der Waals surface area contributed by atoms with Crippen LogP contribution in [0.15, 0.2) is 34.9 Å². The fourth-order valence-corrected chi connectivity index (χ4v) is 16.2. The van der Waals surface area contributed by atoms with E-state index in [9.17, 15) is 0 Å². The van der Waals surface area contributed by atoms with Crippen LogP contribution < -0.4 is 24.8 Å². The molecule has 1 saturated heterocycles. The zero-order valence-electron chi connectivity index (χ0n) is 18.4. The molecule has 0 saturated carbocycles. The van der Waals surface area contributed by atoms with Crippen molar-refractivity contribution in [2.75, 3.05) is 6.16 Å². The van der Waals surface area contributed by atoms with Crippen LogP contribution in [0.25, 0.3) is 12.2 Å². The second kappa shape index (κ2) is 9.35. The van der Waals surface area contributed by atoms with Crippen molar-refractivity contribution in [2.24, 2.45) is 0 Å². The topological polar surface area (TPSA) is 0 Å². The van der Waals surface area contributed by atoms with Crippen LogP contribution in [0.3, 0.4) is 0 Å². The molecule has 3 aliphatic rings. The second-order valence-corrected chi connectivity index (χ2v) is 14.7. The molecule has 1 heterocycles. The summed E-state index contributed by atoms with van der Waals surface area (Å²) in [7, 11) is -0.136. The Hall–Kier alpha value is -0.187. The molecule has 30 heavy (non-hydrogen) atoms. The summed E-state index contributed by atoms with van der Waals surface area (Å²) in [5, 5.41) is 3.71. The Morgan fingerprint density at radius 3 is 1.60 bits per heavy atom. The van der Waals surface area contributed by atoms with Gasteiger partial charge < -0.3 is 24.8 Å². The zero-order valence-corrected chi connectivity index (χ0v) is 23.3. The summed E-state index contributed by atoms with van der Waals surface area (Å²) >= 11 is -0.654. The number of hydrogen-bond acceptors (Lipinski definition) is 0. The standard InChI is InChI=1S/C26H29P.2ClH.Zr/c1-6-7-12-27(21-13-23-17(2)8-9-18(3)24(23)14-21)22-15-25-19(4)10-11-20(5)26(25)16-22;;;/h8-11,13-16H,6-7,12H2,1-5H3;2*1H;/q;;;+2/p-2. The fourth-order valence-electron chi connectivity index (χ4n) is 5.31. The Morgan fingerprint density at radius 1 is 0.733 bits per heavy atom. The minimum absolute atomic E-state index is 0. The fraction of sp³-hybridized carbons (Fsp3) is 0.385. The van der Waals surface area contributed by atoms with Crippen LogP contribution in [0.1, 0.15) is 71.5 Å². The molecule has 0 nitrogen and oxygen atoms in total. The van der Waals surface area contributed by atoms with Crippen molar-refractivity contribution in [2.45, 2.75) is 54.7 Å².